The van der Waals surface area contributed by atoms with E-state index in [2.05, 4.69) is 5.32 Å². The molecule has 1 amide bonds. The first-order valence-corrected chi connectivity index (χ1v) is 8.61. The summed E-state index contributed by atoms with van der Waals surface area (Å²) in [7, 11) is 4.15. The lowest BCUT2D eigenvalue weighted by molar-refractivity contribution is 0.0601. The van der Waals surface area contributed by atoms with Crippen molar-refractivity contribution in [3.05, 3.63) is 52.2 Å². The summed E-state index contributed by atoms with van der Waals surface area (Å²) in [5, 5.41) is 3.95. The molecule has 0 aliphatic heterocycles. The minimum absolute atomic E-state index is 0.114. The largest absolute Gasteiger partial charge is 0.493 e. The number of aryl methyl sites for hydroxylation is 1. The van der Waals surface area contributed by atoms with Crippen LogP contribution >= 0.6 is 11.6 Å². The Morgan fingerprint density at radius 2 is 1.71 bits per heavy atom. The molecule has 0 bridgehead atoms. The number of halogens is 1. The average molecular weight is 404 g/mol. The van der Waals surface area contributed by atoms with E-state index in [0.29, 0.717) is 27.7 Å². The van der Waals surface area contributed by atoms with Crippen LogP contribution in [0.25, 0.3) is 11.0 Å². The SMILES string of the molecule is COC(=O)c1cc(OC)c(OC)cc1NC(=O)c1oc2ccc(Cl)cc2c1C. The zero-order chi connectivity index (χ0) is 20.4. The fourth-order valence-electron chi connectivity index (χ4n) is 2.85. The monoisotopic (exact) mass is 403 g/mol. The van der Waals surface area contributed by atoms with Crippen LogP contribution in [-0.2, 0) is 4.74 Å². The molecule has 0 atom stereocenters. The Morgan fingerprint density at radius 1 is 1.04 bits per heavy atom. The fraction of sp³-hybridized carbons (Fsp3) is 0.200. The van der Waals surface area contributed by atoms with Gasteiger partial charge in [-0.3, -0.25) is 4.79 Å². The van der Waals surface area contributed by atoms with Crippen LogP contribution in [0.5, 0.6) is 11.5 Å². The van der Waals surface area contributed by atoms with Gasteiger partial charge in [0.25, 0.3) is 5.91 Å². The van der Waals surface area contributed by atoms with Crippen LogP contribution in [-0.4, -0.2) is 33.2 Å². The lowest BCUT2D eigenvalue weighted by Crippen LogP contribution is -2.16. The zero-order valence-corrected chi connectivity index (χ0v) is 16.5. The maximum absolute atomic E-state index is 12.8. The number of hydrogen-bond donors (Lipinski definition) is 1. The van der Waals surface area contributed by atoms with Crippen molar-refractivity contribution in [1.29, 1.82) is 0 Å². The summed E-state index contributed by atoms with van der Waals surface area (Å²) in [6.45, 7) is 1.76. The van der Waals surface area contributed by atoms with Gasteiger partial charge in [0.15, 0.2) is 17.3 Å². The van der Waals surface area contributed by atoms with E-state index >= 15 is 0 Å². The summed E-state index contributed by atoms with van der Waals surface area (Å²) < 4.78 is 20.9. The summed E-state index contributed by atoms with van der Waals surface area (Å²) in [4.78, 5) is 25.0. The molecule has 1 N–H and O–H groups in total. The second-order valence-electron chi connectivity index (χ2n) is 5.90. The van der Waals surface area contributed by atoms with E-state index < -0.39 is 11.9 Å². The molecule has 3 aromatic rings. The molecule has 2 aromatic carbocycles. The Labute approximate surface area is 166 Å². The van der Waals surface area contributed by atoms with Crippen molar-refractivity contribution in [1.82, 2.24) is 0 Å². The molecule has 1 aromatic heterocycles. The van der Waals surface area contributed by atoms with Gasteiger partial charge in [-0.2, -0.15) is 0 Å². The number of rotatable bonds is 5. The summed E-state index contributed by atoms with van der Waals surface area (Å²) in [6, 6.07) is 8.02. The quantitative estimate of drug-likeness (QED) is 0.633. The average Bonchev–Trinajstić information content (AvgIpc) is 3.03. The van der Waals surface area contributed by atoms with E-state index in [1.165, 1.54) is 33.5 Å². The van der Waals surface area contributed by atoms with Gasteiger partial charge in [0.1, 0.15) is 5.58 Å². The van der Waals surface area contributed by atoms with Gasteiger partial charge in [-0.05, 0) is 25.1 Å². The number of nitrogens with one attached hydrogen (secondary N) is 1. The van der Waals surface area contributed by atoms with Gasteiger partial charge < -0.3 is 23.9 Å². The van der Waals surface area contributed by atoms with Crippen molar-refractivity contribution >= 4 is 40.1 Å². The van der Waals surface area contributed by atoms with Crippen molar-refractivity contribution in [2.45, 2.75) is 6.92 Å². The molecular weight excluding hydrogens is 386 g/mol. The smallest absolute Gasteiger partial charge is 0.340 e. The number of anilines is 1. The molecule has 3 rings (SSSR count). The summed E-state index contributed by atoms with van der Waals surface area (Å²) in [5.74, 6) is -0.372. The standard InChI is InChI=1S/C20H18ClNO6/c1-10-12-7-11(21)5-6-15(12)28-18(10)19(23)22-14-9-17(26-3)16(25-2)8-13(14)20(24)27-4/h5-9H,1-4H3,(H,22,23). The highest BCUT2D eigenvalue weighted by atomic mass is 35.5. The van der Waals surface area contributed by atoms with E-state index in [1.807, 2.05) is 0 Å². The van der Waals surface area contributed by atoms with Crippen molar-refractivity contribution in [2.75, 3.05) is 26.6 Å². The fourth-order valence-corrected chi connectivity index (χ4v) is 3.02. The van der Waals surface area contributed by atoms with Crippen molar-refractivity contribution in [2.24, 2.45) is 0 Å². The minimum atomic E-state index is -0.635. The third kappa shape index (κ3) is 3.48. The molecule has 1 heterocycles. The lowest BCUT2D eigenvalue weighted by Gasteiger charge is -2.14. The maximum Gasteiger partial charge on any atom is 0.340 e. The Hall–Kier alpha value is -3.19. The summed E-state index contributed by atoms with van der Waals surface area (Å²) in [5.41, 5.74) is 1.49. The minimum Gasteiger partial charge on any atom is -0.493 e. The second kappa shape index (κ2) is 7.82. The summed E-state index contributed by atoms with van der Waals surface area (Å²) in [6.07, 6.45) is 0. The predicted molar refractivity (Wildman–Crippen MR) is 105 cm³/mol. The van der Waals surface area contributed by atoms with Gasteiger partial charge in [-0.15, -0.1) is 0 Å². The molecule has 0 aliphatic carbocycles. The first-order chi connectivity index (χ1) is 13.4. The van der Waals surface area contributed by atoms with Crippen LogP contribution in [0.4, 0.5) is 5.69 Å². The van der Waals surface area contributed by atoms with Crippen LogP contribution in [0.3, 0.4) is 0 Å². The van der Waals surface area contributed by atoms with Crippen LogP contribution in [0.2, 0.25) is 5.02 Å². The van der Waals surface area contributed by atoms with Crippen molar-refractivity contribution in [3.63, 3.8) is 0 Å². The number of benzene rings is 2. The first kappa shape index (κ1) is 19.6. The third-order valence-corrected chi connectivity index (χ3v) is 4.52. The normalized spacial score (nSPS) is 10.6. The Balaban J connectivity index is 2.04. The molecule has 146 valence electrons. The number of carbonyl (C=O) groups is 2. The molecular formula is C20H18ClNO6. The number of carbonyl (C=O) groups excluding carboxylic acids is 2. The number of amides is 1. The highest BCUT2D eigenvalue weighted by molar-refractivity contribution is 6.31. The number of ether oxygens (including phenoxy) is 3. The molecule has 8 heteroatoms. The second-order valence-corrected chi connectivity index (χ2v) is 6.33. The molecule has 0 saturated carbocycles. The Bertz CT molecular complexity index is 1070. The third-order valence-electron chi connectivity index (χ3n) is 4.28. The molecule has 28 heavy (non-hydrogen) atoms. The van der Waals surface area contributed by atoms with Gasteiger partial charge in [-0.1, -0.05) is 11.6 Å². The van der Waals surface area contributed by atoms with E-state index in [4.69, 9.17) is 30.2 Å². The maximum atomic E-state index is 12.8. The number of hydrogen-bond acceptors (Lipinski definition) is 6. The lowest BCUT2D eigenvalue weighted by atomic mass is 10.1. The van der Waals surface area contributed by atoms with Gasteiger partial charge >= 0.3 is 5.97 Å². The van der Waals surface area contributed by atoms with Gasteiger partial charge in [0.05, 0.1) is 32.6 Å². The number of esters is 1. The van der Waals surface area contributed by atoms with Crippen molar-refractivity contribution in [3.8, 4) is 11.5 Å². The number of methoxy groups -OCH3 is 3. The molecule has 0 saturated heterocycles. The van der Waals surface area contributed by atoms with Gasteiger partial charge in [0.2, 0.25) is 0 Å². The van der Waals surface area contributed by atoms with Crippen LogP contribution in [0, 0.1) is 6.92 Å². The molecule has 0 fully saturated rings. The van der Waals surface area contributed by atoms with E-state index in [-0.39, 0.29) is 17.0 Å². The molecule has 0 spiro atoms. The van der Waals surface area contributed by atoms with Gasteiger partial charge in [-0.25, -0.2) is 4.79 Å². The molecule has 0 radical (unpaired) electrons. The van der Waals surface area contributed by atoms with Crippen LogP contribution in [0.15, 0.2) is 34.7 Å². The van der Waals surface area contributed by atoms with Crippen LogP contribution in [0.1, 0.15) is 26.5 Å². The zero-order valence-electron chi connectivity index (χ0n) is 15.7. The number of fused-ring (bicyclic) bond motifs is 1. The molecule has 0 unspecified atom stereocenters. The Morgan fingerprint density at radius 3 is 2.36 bits per heavy atom. The first-order valence-electron chi connectivity index (χ1n) is 8.24. The van der Waals surface area contributed by atoms with Crippen molar-refractivity contribution < 1.29 is 28.2 Å². The van der Waals surface area contributed by atoms with Gasteiger partial charge in [0, 0.05) is 28.1 Å². The van der Waals surface area contributed by atoms with E-state index in [9.17, 15) is 9.59 Å². The molecule has 7 nitrogen and oxygen atoms in total. The highest BCUT2D eigenvalue weighted by Crippen LogP contribution is 2.35. The van der Waals surface area contributed by atoms with E-state index in [1.54, 1.807) is 25.1 Å². The number of furan rings is 1. The predicted octanol–water partition coefficient (Wildman–Crippen LogP) is 4.45. The molecule has 0 aliphatic rings. The summed E-state index contributed by atoms with van der Waals surface area (Å²) >= 11 is 6.02. The highest BCUT2D eigenvalue weighted by Gasteiger charge is 2.23. The van der Waals surface area contributed by atoms with Crippen LogP contribution < -0.4 is 14.8 Å². The van der Waals surface area contributed by atoms with E-state index in [0.717, 1.165) is 5.39 Å². The topological polar surface area (TPSA) is 87.0 Å². The Kier molecular flexibility index (Phi) is 5.46.